The number of carbonyl (C=O) groups is 2. The molecular weight excluding hydrogens is 366 g/mol. The molecule has 8 nitrogen and oxygen atoms in total. The molecule has 0 spiro atoms. The van der Waals surface area contributed by atoms with Crippen molar-refractivity contribution < 1.29 is 14.3 Å². The minimum atomic E-state index is -0.771. The highest BCUT2D eigenvalue weighted by molar-refractivity contribution is 7.15. The standard InChI is InChI=1S/C18H23N5O3S/c1-11(2)23-14(24)10-26-16(15(23)12-6-4-3-5-7-12)17(25)20-9-8-13-21-22-18(19)27-13/h3-7,11,15-16H,8-10H2,1-2H3,(H2,19,22)(H,20,25)/t15-,16+/m1/s1. The number of carbonyl (C=O) groups excluding carboxylic acids is 2. The van der Waals surface area contributed by atoms with Crippen molar-refractivity contribution in [2.75, 3.05) is 18.9 Å². The molecule has 2 heterocycles. The van der Waals surface area contributed by atoms with Gasteiger partial charge >= 0.3 is 0 Å². The first-order valence-electron chi connectivity index (χ1n) is 8.80. The second-order valence-corrected chi connectivity index (χ2v) is 7.65. The molecule has 2 aromatic rings. The van der Waals surface area contributed by atoms with Crippen molar-refractivity contribution in [2.45, 2.75) is 38.5 Å². The first kappa shape index (κ1) is 19.2. The third kappa shape index (κ3) is 4.42. The Labute approximate surface area is 161 Å². The van der Waals surface area contributed by atoms with Gasteiger partial charge in [-0.05, 0) is 19.4 Å². The molecule has 0 aliphatic carbocycles. The van der Waals surface area contributed by atoms with Crippen molar-refractivity contribution in [1.29, 1.82) is 0 Å². The lowest BCUT2D eigenvalue weighted by molar-refractivity contribution is -0.167. The van der Waals surface area contributed by atoms with Crippen LogP contribution in [-0.4, -0.2) is 52.2 Å². The summed E-state index contributed by atoms with van der Waals surface area (Å²) in [5.41, 5.74) is 6.44. The third-order valence-corrected chi connectivity index (χ3v) is 5.15. The molecule has 27 heavy (non-hydrogen) atoms. The van der Waals surface area contributed by atoms with Gasteiger partial charge in [0.1, 0.15) is 11.6 Å². The average molecular weight is 389 g/mol. The van der Waals surface area contributed by atoms with Crippen molar-refractivity contribution >= 4 is 28.3 Å². The summed E-state index contributed by atoms with van der Waals surface area (Å²) in [6.45, 7) is 4.17. The lowest BCUT2D eigenvalue weighted by atomic mass is 9.96. The van der Waals surface area contributed by atoms with E-state index in [4.69, 9.17) is 10.5 Å². The molecule has 1 fully saturated rings. The second kappa shape index (κ2) is 8.45. The minimum absolute atomic E-state index is 0.0497. The van der Waals surface area contributed by atoms with Gasteiger partial charge in [0.15, 0.2) is 6.10 Å². The van der Waals surface area contributed by atoms with E-state index < -0.39 is 12.1 Å². The highest BCUT2D eigenvalue weighted by Gasteiger charge is 2.42. The normalized spacial score (nSPS) is 20.1. The van der Waals surface area contributed by atoms with E-state index in [1.807, 2.05) is 44.2 Å². The van der Waals surface area contributed by atoms with Gasteiger partial charge in [0, 0.05) is 19.0 Å². The number of benzene rings is 1. The number of anilines is 1. The highest BCUT2D eigenvalue weighted by atomic mass is 32.1. The summed E-state index contributed by atoms with van der Waals surface area (Å²) < 4.78 is 5.66. The zero-order valence-corrected chi connectivity index (χ0v) is 16.1. The fraction of sp³-hybridized carbons (Fsp3) is 0.444. The van der Waals surface area contributed by atoms with E-state index in [1.54, 1.807) is 4.90 Å². The van der Waals surface area contributed by atoms with Crippen LogP contribution in [0.3, 0.4) is 0 Å². The van der Waals surface area contributed by atoms with E-state index in [0.717, 1.165) is 10.6 Å². The van der Waals surface area contributed by atoms with Crippen LogP contribution in [0.25, 0.3) is 0 Å². The maximum Gasteiger partial charge on any atom is 0.251 e. The summed E-state index contributed by atoms with van der Waals surface area (Å²) >= 11 is 1.30. The molecule has 0 bridgehead atoms. The van der Waals surface area contributed by atoms with E-state index >= 15 is 0 Å². The maximum absolute atomic E-state index is 12.8. The summed E-state index contributed by atoms with van der Waals surface area (Å²) in [5.74, 6) is -0.369. The molecule has 144 valence electrons. The number of hydrogen-bond acceptors (Lipinski definition) is 7. The number of nitrogens with two attached hydrogens (primary N) is 1. The molecule has 0 saturated carbocycles. The molecule has 0 unspecified atom stereocenters. The van der Waals surface area contributed by atoms with Crippen molar-refractivity contribution in [2.24, 2.45) is 0 Å². The molecule has 3 rings (SSSR count). The first-order valence-corrected chi connectivity index (χ1v) is 9.62. The Morgan fingerprint density at radius 2 is 2.11 bits per heavy atom. The van der Waals surface area contributed by atoms with Crippen LogP contribution in [0.2, 0.25) is 0 Å². The molecule has 2 atom stereocenters. The Kier molecular flexibility index (Phi) is 6.02. The topological polar surface area (TPSA) is 110 Å². The van der Waals surface area contributed by atoms with Gasteiger partial charge in [0.2, 0.25) is 11.0 Å². The van der Waals surface area contributed by atoms with Crippen LogP contribution in [0.5, 0.6) is 0 Å². The zero-order chi connectivity index (χ0) is 19.4. The molecule has 1 aromatic heterocycles. The summed E-state index contributed by atoms with van der Waals surface area (Å²) in [6.07, 6.45) is -0.233. The Balaban J connectivity index is 1.74. The van der Waals surface area contributed by atoms with Gasteiger partial charge in [-0.15, -0.1) is 10.2 Å². The molecule has 1 aliphatic heterocycles. The molecule has 1 aromatic carbocycles. The summed E-state index contributed by atoms with van der Waals surface area (Å²) in [7, 11) is 0. The lowest BCUT2D eigenvalue weighted by Crippen LogP contribution is -2.56. The number of rotatable bonds is 6. The Morgan fingerprint density at radius 1 is 1.37 bits per heavy atom. The molecule has 9 heteroatoms. The maximum atomic E-state index is 12.8. The first-order chi connectivity index (χ1) is 13.0. The number of nitrogen functional groups attached to an aromatic ring is 1. The van der Waals surface area contributed by atoms with Gasteiger partial charge in [0.25, 0.3) is 5.91 Å². The van der Waals surface area contributed by atoms with E-state index in [1.165, 1.54) is 11.3 Å². The van der Waals surface area contributed by atoms with Crippen molar-refractivity contribution in [1.82, 2.24) is 20.4 Å². The minimum Gasteiger partial charge on any atom is -0.374 e. The SMILES string of the molecule is CC(C)N1C(=O)CO[C@H](C(=O)NCCc2nnc(N)s2)[C@H]1c1ccccc1. The summed E-state index contributed by atoms with van der Waals surface area (Å²) in [6, 6.07) is 8.98. The smallest absolute Gasteiger partial charge is 0.251 e. The number of aromatic nitrogens is 2. The molecule has 1 aliphatic rings. The van der Waals surface area contributed by atoms with Crippen LogP contribution in [0.15, 0.2) is 30.3 Å². The fourth-order valence-electron chi connectivity index (χ4n) is 3.20. The van der Waals surface area contributed by atoms with E-state index in [0.29, 0.717) is 18.1 Å². The monoisotopic (exact) mass is 389 g/mol. The molecule has 3 N–H and O–H groups in total. The Bertz CT molecular complexity index is 795. The van der Waals surface area contributed by atoms with Crippen LogP contribution in [-0.2, 0) is 20.7 Å². The number of hydrogen-bond donors (Lipinski definition) is 2. The van der Waals surface area contributed by atoms with E-state index in [9.17, 15) is 9.59 Å². The largest absolute Gasteiger partial charge is 0.374 e. The van der Waals surface area contributed by atoms with E-state index in [-0.39, 0.29) is 24.5 Å². The van der Waals surface area contributed by atoms with Crippen molar-refractivity contribution in [3.63, 3.8) is 0 Å². The highest BCUT2D eigenvalue weighted by Crippen LogP contribution is 2.32. The van der Waals surface area contributed by atoms with Gasteiger partial charge in [0.05, 0.1) is 6.04 Å². The summed E-state index contributed by atoms with van der Waals surface area (Å²) in [5, 5.41) is 11.7. The van der Waals surface area contributed by atoms with Gasteiger partial charge in [-0.1, -0.05) is 41.7 Å². The Morgan fingerprint density at radius 3 is 2.74 bits per heavy atom. The molecule has 0 radical (unpaired) electrons. The number of nitrogens with zero attached hydrogens (tertiary/aromatic N) is 3. The number of nitrogens with one attached hydrogen (secondary N) is 1. The van der Waals surface area contributed by atoms with Gasteiger partial charge in [-0.2, -0.15) is 0 Å². The molecular formula is C18H23N5O3S. The van der Waals surface area contributed by atoms with Crippen molar-refractivity contribution in [3.8, 4) is 0 Å². The van der Waals surface area contributed by atoms with Crippen LogP contribution in [0, 0.1) is 0 Å². The van der Waals surface area contributed by atoms with Gasteiger partial charge in [-0.25, -0.2) is 0 Å². The summed E-state index contributed by atoms with van der Waals surface area (Å²) in [4.78, 5) is 27.0. The van der Waals surface area contributed by atoms with Gasteiger partial charge < -0.3 is 20.7 Å². The molecule has 2 amide bonds. The lowest BCUT2D eigenvalue weighted by Gasteiger charge is -2.42. The second-order valence-electron chi connectivity index (χ2n) is 6.56. The predicted molar refractivity (Wildman–Crippen MR) is 102 cm³/mol. The Hall–Kier alpha value is -2.52. The van der Waals surface area contributed by atoms with Crippen LogP contribution in [0.4, 0.5) is 5.13 Å². The average Bonchev–Trinajstić information content (AvgIpc) is 3.06. The van der Waals surface area contributed by atoms with Crippen LogP contribution in [0.1, 0.15) is 30.5 Å². The third-order valence-electron chi connectivity index (χ3n) is 4.34. The van der Waals surface area contributed by atoms with E-state index in [2.05, 4.69) is 15.5 Å². The van der Waals surface area contributed by atoms with Crippen LogP contribution < -0.4 is 11.1 Å². The number of amides is 2. The molecule has 1 saturated heterocycles. The fourth-order valence-corrected chi connectivity index (χ4v) is 3.81. The predicted octanol–water partition coefficient (Wildman–Crippen LogP) is 1.16. The zero-order valence-electron chi connectivity index (χ0n) is 15.3. The van der Waals surface area contributed by atoms with Crippen LogP contribution >= 0.6 is 11.3 Å². The quantitative estimate of drug-likeness (QED) is 0.767. The number of morpholine rings is 1. The number of ether oxygens (including phenoxy) is 1. The van der Waals surface area contributed by atoms with Gasteiger partial charge in [-0.3, -0.25) is 9.59 Å². The van der Waals surface area contributed by atoms with Crippen molar-refractivity contribution in [3.05, 3.63) is 40.9 Å².